The molecule has 1 unspecified atom stereocenters. The van der Waals surface area contributed by atoms with Gasteiger partial charge in [0.15, 0.2) is 11.5 Å². The Balaban J connectivity index is 1.26. The Morgan fingerprint density at radius 3 is 2.81 bits per heavy atom. The summed E-state index contributed by atoms with van der Waals surface area (Å²) in [6.07, 6.45) is 1.85. The summed E-state index contributed by atoms with van der Waals surface area (Å²) < 4.78 is 0. The van der Waals surface area contributed by atoms with Gasteiger partial charge in [-0.3, -0.25) is 9.89 Å². The number of carbonyl (C=O) groups is 1. The Bertz CT molecular complexity index is 1570. The van der Waals surface area contributed by atoms with Crippen LogP contribution in [0.2, 0.25) is 5.02 Å². The topological polar surface area (TPSA) is 162 Å². The standard InChI is InChI=1S/C24H20ClN7O3S/c25-21-15-11-27-30-17(15)5-6-18(21)29-24-32-31-23(36-24)13-2-1-3-14(10-13)28-22(35)16(26)8-12-4-7-19(33)20(34)9-12/h1-7,9-11,16,33-34H,8,26H2,(H,27,30)(H,28,35)(H,29,32). The number of H-pyrrole nitrogens is 1. The lowest BCUT2D eigenvalue weighted by molar-refractivity contribution is -0.117. The molecule has 36 heavy (non-hydrogen) atoms. The molecule has 0 saturated heterocycles. The third-order valence-corrected chi connectivity index (χ3v) is 6.73. The lowest BCUT2D eigenvalue weighted by Gasteiger charge is -2.13. The van der Waals surface area contributed by atoms with Gasteiger partial charge in [0.2, 0.25) is 11.0 Å². The van der Waals surface area contributed by atoms with Crippen molar-refractivity contribution in [2.45, 2.75) is 12.5 Å². The fraction of sp³-hybridized carbons (Fsp3) is 0.0833. The van der Waals surface area contributed by atoms with Crippen molar-refractivity contribution < 1.29 is 15.0 Å². The highest BCUT2D eigenvalue weighted by atomic mass is 35.5. The van der Waals surface area contributed by atoms with Crippen molar-refractivity contribution in [3.05, 3.63) is 71.4 Å². The Morgan fingerprint density at radius 1 is 1.11 bits per heavy atom. The predicted molar refractivity (Wildman–Crippen MR) is 140 cm³/mol. The summed E-state index contributed by atoms with van der Waals surface area (Å²) in [6, 6.07) is 14.4. The molecule has 182 valence electrons. The Morgan fingerprint density at radius 2 is 1.97 bits per heavy atom. The maximum absolute atomic E-state index is 12.6. The number of phenols is 2. The van der Waals surface area contributed by atoms with E-state index in [1.807, 2.05) is 18.2 Å². The van der Waals surface area contributed by atoms with Gasteiger partial charge in [-0.25, -0.2) is 0 Å². The van der Waals surface area contributed by atoms with Crippen LogP contribution >= 0.6 is 22.9 Å². The molecule has 5 aromatic rings. The van der Waals surface area contributed by atoms with Gasteiger partial charge >= 0.3 is 0 Å². The summed E-state index contributed by atoms with van der Waals surface area (Å²) in [4.78, 5) is 12.6. The number of nitrogens with zero attached hydrogens (tertiary/aromatic N) is 3. The molecule has 12 heteroatoms. The second-order valence-electron chi connectivity index (χ2n) is 8.00. The number of amides is 1. The van der Waals surface area contributed by atoms with Crippen molar-refractivity contribution >= 4 is 56.3 Å². The molecule has 0 fully saturated rings. The summed E-state index contributed by atoms with van der Waals surface area (Å²) in [6.45, 7) is 0. The second kappa shape index (κ2) is 9.82. The average Bonchev–Trinajstić information content (AvgIpc) is 3.54. The van der Waals surface area contributed by atoms with E-state index in [1.165, 1.54) is 23.5 Å². The van der Waals surface area contributed by atoms with Gasteiger partial charge in [-0.1, -0.05) is 41.1 Å². The third kappa shape index (κ3) is 4.93. The van der Waals surface area contributed by atoms with Gasteiger partial charge in [0.25, 0.3) is 0 Å². The molecule has 3 aromatic carbocycles. The largest absolute Gasteiger partial charge is 0.504 e. The van der Waals surface area contributed by atoms with E-state index in [0.717, 1.165) is 16.5 Å². The number of carbonyl (C=O) groups excluding carboxylic acids is 1. The minimum atomic E-state index is -0.854. The van der Waals surface area contributed by atoms with E-state index in [2.05, 4.69) is 31.0 Å². The number of aromatic hydroxyl groups is 2. The molecular formula is C24H20ClN7O3S. The number of benzene rings is 3. The van der Waals surface area contributed by atoms with Crippen molar-refractivity contribution in [3.63, 3.8) is 0 Å². The first-order valence-electron chi connectivity index (χ1n) is 10.8. The van der Waals surface area contributed by atoms with Crippen molar-refractivity contribution in [2.24, 2.45) is 5.73 Å². The molecule has 0 aliphatic heterocycles. The van der Waals surface area contributed by atoms with E-state index in [4.69, 9.17) is 17.3 Å². The molecule has 0 aliphatic rings. The minimum absolute atomic E-state index is 0.192. The Labute approximate surface area is 213 Å². The van der Waals surface area contributed by atoms with Crippen LogP contribution in [0.5, 0.6) is 11.5 Å². The second-order valence-corrected chi connectivity index (χ2v) is 9.35. The molecule has 0 bridgehead atoms. The number of aromatic nitrogens is 4. The fourth-order valence-electron chi connectivity index (χ4n) is 3.59. The van der Waals surface area contributed by atoms with Crippen LogP contribution in [0.3, 0.4) is 0 Å². The van der Waals surface area contributed by atoms with Gasteiger partial charge < -0.3 is 26.6 Å². The summed E-state index contributed by atoms with van der Waals surface area (Å²) in [7, 11) is 0. The fourth-order valence-corrected chi connectivity index (χ4v) is 4.61. The monoisotopic (exact) mass is 521 g/mol. The Hall–Kier alpha value is -4.19. The van der Waals surface area contributed by atoms with E-state index in [0.29, 0.717) is 32.1 Å². The van der Waals surface area contributed by atoms with E-state index >= 15 is 0 Å². The number of nitrogens with two attached hydrogens (primary N) is 1. The number of anilines is 3. The number of nitrogens with one attached hydrogen (secondary N) is 3. The van der Waals surface area contributed by atoms with Gasteiger partial charge in [-0.2, -0.15) is 5.10 Å². The molecule has 0 spiro atoms. The van der Waals surface area contributed by atoms with Gasteiger partial charge in [0.05, 0.1) is 28.5 Å². The van der Waals surface area contributed by atoms with Crippen LogP contribution in [0.4, 0.5) is 16.5 Å². The maximum Gasteiger partial charge on any atom is 0.241 e. The highest BCUT2D eigenvalue weighted by Crippen LogP contribution is 2.35. The van der Waals surface area contributed by atoms with Crippen LogP contribution in [0, 0.1) is 0 Å². The zero-order valence-corrected chi connectivity index (χ0v) is 20.1. The number of hydrogen-bond donors (Lipinski definition) is 6. The first-order valence-corrected chi connectivity index (χ1v) is 12.0. The smallest absolute Gasteiger partial charge is 0.241 e. The van der Waals surface area contributed by atoms with Crippen LogP contribution in [-0.2, 0) is 11.2 Å². The molecule has 0 aliphatic carbocycles. The summed E-state index contributed by atoms with van der Waals surface area (Å²) in [5.74, 6) is -0.877. The lowest BCUT2D eigenvalue weighted by Crippen LogP contribution is -2.37. The summed E-state index contributed by atoms with van der Waals surface area (Å²) in [5.41, 5.74) is 9.52. The number of hydrogen-bond acceptors (Lipinski definition) is 9. The zero-order valence-electron chi connectivity index (χ0n) is 18.6. The molecule has 7 N–H and O–H groups in total. The minimum Gasteiger partial charge on any atom is -0.504 e. The highest BCUT2D eigenvalue weighted by Gasteiger charge is 2.16. The molecule has 1 amide bonds. The zero-order chi connectivity index (χ0) is 25.2. The van der Waals surface area contributed by atoms with Crippen LogP contribution < -0.4 is 16.4 Å². The van der Waals surface area contributed by atoms with Crippen LogP contribution in [0.1, 0.15) is 5.56 Å². The number of phenolic OH excluding ortho intramolecular Hbond substituents is 2. The molecule has 10 nitrogen and oxygen atoms in total. The van der Waals surface area contributed by atoms with Gasteiger partial charge in [-0.15, -0.1) is 10.2 Å². The van der Waals surface area contributed by atoms with E-state index in [1.54, 1.807) is 30.5 Å². The van der Waals surface area contributed by atoms with Crippen molar-refractivity contribution in [3.8, 4) is 22.1 Å². The van der Waals surface area contributed by atoms with E-state index < -0.39 is 6.04 Å². The predicted octanol–water partition coefficient (Wildman–Crippen LogP) is 4.40. The van der Waals surface area contributed by atoms with Crippen LogP contribution in [-0.4, -0.2) is 42.6 Å². The van der Waals surface area contributed by atoms with Gasteiger partial charge in [0, 0.05) is 16.6 Å². The molecule has 2 heterocycles. The van der Waals surface area contributed by atoms with Crippen LogP contribution in [0.25, 0.3) is 21.5 Å². The SMILES string of the molecule is NC(Cc1ccc(O)c(O)c1)C(=O)Nc1cccc(-c2nnc(Nc3ccc4[nH]ncc4c3Cl)s2)c1. The summed E-state index contributed by atoms with van der Waals surface area (Å²) >= 11 is 7.82. The normalized spacial score (nSPS) is 11.9. The lowest BCUT2D eigenvalue weighted by atomic mass is 10.1. The molecule has 0 saturated carbocycles. The van der Waals surface area contributed by atoms with E-state index in [-0.39, 0.29) is 23.8 Å². The number of aromatic amines is 1. The first-order chi connectivity index (χ1) is 17.4. The highest BCUT2D eigenvalue weighted by molar-refractivity contribution is 7.18. The van der Waals surface area contributed by atoms with E-state index in [9.17, 15) is 15.0 Å². The van der Waals surface area contributed by atoms with Crippen molar-refractivity contribution in [2.75, 3.05) is 10.6 Å². The molecule has 0 radical (unpaired) electrons. The third-order valence-electron chi connectivity index (χ3n) is 5.43. The van der Waals surface area contributed by atoms with Crippen molar-refractivity contribution in [1.82, 2.24) is 20.4 Å². The number of halogens is 1. The first kappa shape index (κ1) is 23.5. The van der Waals surface area contributed by atoms with Gasteiger partial charge in [-0.05, 0) is 48.4 Å². The molecule has 5 rings (SSSR count). The number of rotatable bonds is 7. The molecule has 1 atom stereocenters. The van der Waals surface area contributed by atoms with Crippen LogP contribution in [0.15, 0.2) is 60.8 Å². The molecule has 2 aromatic heterocycles. The quantitative estimate of drug-likeness (QED) is 0.172. The maximum atomic E-state index is 12.6. The molecular weight excluding hydrogens is 502 g/mol. The average molecular weight is 522 g/mol. The number of fused-ring (bicyclic) bond motifs is 1. The van der Waals surface area contributed by atoms with Gasteiger partial charge in [0.1, 0.15) is 5.01 Å². The summed E-state index contributed by atoms with van der Waals surface area (Å²) in [5, 5.41) is 42.9. The van der Waals surface area contributed by atoms with Crippen molar-refractivity contribution in [1.29, 1.82) is 0 Å². The Kier molecular flexibility index (Phi) is 6.42.